The molecular formula is C18H26N2O2. The smallest absolute Gasteiger partial charge is 0.222 e. The summed E-state index contributed by atoms with van der Waals surface area (Å²) in [4.78, 5) is 16.9. The van der Waals surface area contributed by atoms with Crippen molar-refractivity contribution < 1.29 is 9.90 Å². The summed E-state index contributed by atoms with van der Waals surface area (Å²) in [5.74, 6) is 0.510. The monoisotopic (exact) mass is 302 g/mol. The van der Waals surface area contributed by atoms with E-state index in [-0.39, 0.29) is 5.91 Å². The first-order valence-electron chi connectivity index (χ1n) is 8.53. The zero-order chi connectivity index (χ0) is 15.4. The Bertz CT molecular complexity index is 504. The molecule has 1 aliphatic carbocycles. The number of benzene rings is 1. The zero-order valence-electron chi connectivity index (χ0n) is 13.2. The van der Waals surface area contributed by atoms with E-state index in [1.807, 2.05) is 23.1 Å². The maximum absolute atomic E-state index is 12.3. The fraction of sp³-hybridized carbons (Fsp3) is 0.611. The average Bonchev–Trinajstić information content (AvgIpc) is 3.08. The number of carbonyl (C=O) groups excluding carboxylic acids is 1. The molecule has 4 heteroatoms. The fourth-order valence-electron chi connectivity index (χ4n) is 3.73. The van der Waals surface area contributed by atoms with Crippen molar-refractivity contribution in [2.24, 2.45) is 0 Å². The van der Waals surface area contributed by atoms with Gasteiger partial charge in [-0.15, -0.1) is 0 Å². The van der Waals surface area contributed by atoms with E-state index >= 15 is 0 Å². The number of hydrogen-bond acceptors (Lipinski definition) is 3. The van der Waals surface area contributed by atoms with E-state index in [1.165, 1.54) is 25.7 Å². The molecule has 120 valence electrons. The number of carbonyl (C=O) groups is 1. The van der Waals surface area contributed by atoms with Gasteiger partial charge < -0.3 is 10.0 Å². The van der Waals surface area contributed by atoms with Crippen LogP contribution in [0.25, 0.3) is 0 Å². The molecule has 1 aliphatic heterocycles. The predicted octanol–water partition coefficient (Wildman–Crippen LogP) is 2.41. The quantitative estimate of drug-likeness (QED) is 0.929. The van der Waals surface area contributed by atoms with Gasteiger partial charge in [-0.1, -0.05) is 31.0 Å². The molecule has 1 aromatic carbocycles. The van der Waals surface area contributed by atoms with E-state index < -0.39 is 0 Å². The van der Waals surface area contributed by atoms with Crippen LogP contribution in [0.15, 0.2) is 24.3 Å². The molecule has 3 rings (SSSR count). The van der Waals surface area contributed by atoms with Crippen LogP contribution in [0, 0.1) is 0 Å². The minimum Gasteiger partial charge on any atom is -0.508 e. The van der Waals surface area contributed by atoms with Crippen molar-refractivity contribution in [2.45, 2.75) is 44.6 Å². The highest BCUT2D eigenvalue weighted by molar-refractivity contribution is 5.76. The SMILES string of the molecule is O=C(CCc1ccccc1O)N1CCN(C2CCCC2)CC1. The number of piperazine rings is 1. The third-order valence-corrected chi connectivity index (χ3v) is 5.11. The minimum absolute atomic E-state index is 0.217. The lowest BCUT2D eigenvalue weighted by Crippen LogP contribution is -2.51. The maximum Gasteiger partial charge on any atom is 0.222 e. The van der Waals surface area contributed by atoms with Gasteiger partial charge in [0.15, 0.2) is 0 Å². The molecule has 1 heterocycles. The number of aryl methyl sites for hydroxylation is 1. The second-order valence-corrected chi connectivity index (χ2v) is 6.48. The lowest BCUT2D eigenvalue weighted by Gasteiger charge is -2.38. The van der Waals surface area contributed by atoms with E-state index in [2.05, 4.69) is 4.90 Å². The molecule has 0 radical (unpaired) electrons. The van der Waals surface area contributed by atoms with E-state index in [0.717, 1.165) is 37.8 Å². The normalized spacial score (nSPS) is 20.5. The maximum atomic E-state index is 12.3. The Kier molecular flexibility index (Phi) is 4.98. The standard InChI is InChI=1S/C18H26N2O2/c21-17-8-4-1-5-15(17)9-10-18(22)20-13-11-19(12-14-20)16-6-2-3-7-16/h1,4-5,8,16,21H,2-3,6-7,9-14H2. The van der Waals surface area contributed by atoms with Crippen molar-refractivity contribution in [1.29, 1.82) is 0 Å². The molecular weight excluding hydrogens is 276 g/mol. The predicted molar refractivity (Wildman–Crippen MR) is 86.8 cm³/mol. The van der Waals surface area contributed by atoms with Crippen LogP contribution in [0.2, 0.25) is 0 Å². The summed E-state index contributed by atoms with van der Waals surface area (Å²) in [7, 11) is 0. The number of para-hydroxylation sites is 1. The molecule has 0 bridgehead atoms. The molecule has 0 aromatic heterocycles. The van der Waals surface area contributed by atoms with Crippen molar-refractivity contribution in [1.82, 2.24) is 9.80 Å². The molecule has 4 nitrogen and oxygen atoms in total. The van der Waals surface area contributed by atoms with Gasteiger partial charge in [-0.05, 0) is 30.9 Å². The Labute approximate surface area is 132 Å². The minimum atomic E-state index is 0.217. The van der Waals surface area contributed by atoms with Gasteiger partial charge in [-0.2, -0.15) is 0 Å². The van der Waals surface area contributed by atoms with Crippen molar-refractivity contribution in [2.75, 3.05) is 26.2 Å². The topological polar surface area (TPSA) is 43.8 Å². The number of nitrogens with zero attached hydrogens (tertiary/aromatic N) is 2. The largest absolute Gasteiger partial charge is 0.508 e. The Hall–Kier alpha value is -1.55. The molecule has 2 fully saturated rings. The number of rotatable bonds is 4. The van der Waals surface area contributed by atoms with Crippen LogP contribution in [-0.4, -0.2) is 53.0 Å². The third kappa shape index (κ3) is 3.61. The van der Waals surface area contributed by atoms with E-state index in [1.54, 1.807) is 6.07 Å². The summed E-state index contributed by atoms with van der Waals surface area (Å²) in [6, 6.07) is 8.04. The van der Waals surface area contributed by atoms with E-state index in [9.17, 15) is 9.90 Å². The summed E-state index contributed by atoms with van der Waals surface area (Å²) < 4.78 is 0. The average molecular weight is 302 g/mol. The highest BCUT2D eigenvalue weighted by atomic mass is 16.3. The first-order valence-corrected chi connectivity index (χ1v) is 8.53. The molecule has 0 atom stereocenters. The van der Waals surface area contributed by atoms with Crippen LogP contribution in [0.1, 0.15) is 37.7 Å². The molecule has 2 aliphatic rings. The molecule has 0 spiro atoms. The van der Waals surface area contributed by atoms with Crippen molar-refractivity contribution in [3.8, 4) is 5.75 Å². The highest BCUT2D eigenvalue weighted by Crippen LogP contribution is 2.24. The van der Waals surface area contributed by atoms with Crippen molar-refractivity contribution in [3.63, 3.8) is 0 Å². The highest BCUT2D eigenvalue weighted by Gasteiger charge is 2.27. The molecule has 1 aromatic rings. The third-order valence-electron chi connectivity index (χ3n) is 5.11. The number of amides is 1. The van der Waals surface area contributed by atoms with Crippen molar-refractivity contribution in [3.05, 3.63) is 29.8 Å². The fourth-order valence-corrected chi connectivity index (χ4v) is 3.73. The van der Waals surface area contributed by atoms with E-state index in [4.69, 9.17) is 0 Å². The molecule has 0 unspecified atom stereocenters. The number of hydrogen-bond donors (Lipinski definition) is 1. The summed E-state index contributed by atoms with van der Waals surface area (Å²) in [6.07, 6.45) is 6.51. The van der Waals surface area contributed by atoms with Crippen LogP contribution in [0.5, 0.6) is 5.75 Å². The summed E-state index contributed by atoms with van der Waals surface area (Å²) in [5, 5.41) is 9.76. The van der Waals surface area contributed by atoms with Gasteiger partial charge in [0.2, 0.25) is 5.91 Å². The molecule has 1 amide bonds. The first kappa shape index (κ1) is 15.3. The Morgan fingerprint density at radius 3 is 2.45 bits per heavy atom. The first-order chi connectivity index (χ1) is 10.7. The second kappa shape index (κ2) is 7.14. The summed E-state index contributed by atoms with van der Waals surface area (Å²) >= 11 is 0. The van der Waals surface area contributed by atoms with Gasteiger partial charge in [-0.25, -0.2) is 0 Å². The molecule has 1 N–H and O–H groups in total. The molecule has 1 saturated carbocycles. The van der Waals surface area contributed by atoms with Gasteiger partial charge in [0.25, 0.3) is 0 Å². The number of aromatic hydroxyl groups is 1. The van der Waals surface area contributed by atoms with E-state index in [0.29, 0.717) is 18.6 Å². The number of phenolic OH excluding ortho intramolecular Hbond substituents is 1. The molecule has 1 saturated heterocycles. The van der Waals surface area contributed by atoms with Gasteiger partial charge in [0, 0.05) is 38.6 Å². The van der Waals surface area contributed by atoms with Gasteiger partial charge in [-0.3, -0.25) is 9.69 Å². The Morgan fingerprint density at radius 1 is 1.09 bits per heavy atom. The summed E-state index contributed by atoms with van der Waals surface area (Å²) in [5.41, 5.74) is 0.862. The van der Waals surface area contributed by atoms with Crippen LogP contribution >= 0.6 is 0 Å². The summed E-state index contributed by atoms with van der Waals surface area (Å²) in [6.45, 7) is 3.76. The lowest BCUT2D eigenvalue weighted by molar-refractivity contribution is -0.133. The van der Waals surface area contributed by atoms with Gasteiger partial charge in [0.1, 0.15) is 5.75 Å². The van der Waals surface area contributed by atoms with Gasteiger partial charge >= 0.3 is 0 Å². The Balaban J connectivity index is 1.45. The van der Waals surface area contributed by atoms with Crippen LogP contribution in [0.3, 0.4) is 0 Å². The second-order valence-electron chi connectivity index (χ2n) is 6.48. The van der Waals surface area contributed by atoms with Crippen LogP contribution < -0.4 is 0 Å². The van der Waals surface area contributed by atoms with Crippen LogP contribution in [-0.2, 0) is 11.2 Å². The molecule has 22 heavy (non-hydrogen) atoms. The van der Waals surface area contributed by atoms with Crippen molar-refractivity contribution >= 4 is 5.91 Å². The zero-order valence-corrected chi connectivity index (χ0v) is 13.2. The Morgan fingerprint density at radius 2 is 1.77 bits per heavy atom. The van der Waals surface area contributed by atoms with Gasteiger partial charge in [0.05, 0.1) is 0 Å². The van der Waals surface area contributed by atoms with Crippen LogP contribution in [0.4, 0.5) is 0 Å². The lowest BCUT2D eigenvalue weighted by atomic mass is 10.1. The number of phenols is 1.